The minimum absolute atomic E-state index is 0.690. The van der Waals surface area contributed by atoms with Gasteiger partial charge in [0.1, 0.15) is 0 Å². The van der Waals surface area contributed by atoms with Crippen molar-refractivity contribution in [2.45, 2.75) is 46.5 Å². The molecule has 2 unspecified atom stereocenters. The van der Waals surface area contributed by atoms with Crippen LogP contribution >= 0.6 is 0 Å². The zero-order valence-corrected chi connectivity index (χ0v) is 8.06. The highest BCUT2D eigenvalue weighted by Gasteiger charge is 2.52. The Morgan fingerprint density at radius 3 is 2.27 bits per heavy atom. The van der Waals surface area contributed by atoms with Crippen molar-refractivity contribution in [2.24, 2.45) is 23.2 Å². The molecule has 0 aromatic carbocycles. The second kappa shape index (κ2) is 2.24. The molecule has 11 heavy (non-hydrogen) atoms. The molecule has 0 nitrogen and oxygen atoms in total. The molecule has 0 spiro atoms. The van der Waals surface area contributed by atoms with Crippen molar-refractivity contribution in [3.05, 3.63) is 0 Å². The summed E-state index contributed by atoms with van der Waals surface area (Å²) in [6, 6.07) is 0. The molecule has 2 aliphatic rings. The lowest BCUT2D eigenvalue weighted by Gasteiger charge is -2.53. The van der Waals surface area contributed by atoms with Gasteiger partial charge in [0.25, 0.3) is 0 Å². The normalized spacial score (nSPS) is 41.7. The largest absolute Gasteiger partial charge is 0.0651 e. The second-order valence-corrected chi connectivity index (χ2v) is 5.11. The molecule has 0 saturated heterocycles. The first-order chi connectivity index (χ1) is 5.16. The molecule has 0 aliphatic heterocycles. The molecule has 0 aromatic rings. The lowest BCUT2D eigenvalue weighted by atomic mass is 9.52. The van der Waals surface area contributed by atoms with Gasteiger partial charge in [0.15, 0.2) is 0 Å². The predicted octanol–water partition coefficient (Wildman–Crippen LogP) is 3.47. The maximum atomic E-state index is 2.48. The van der Waals surface area contributed by atoms with E-state index in [-0.39, 0.29) is 0 Å². The molecule has 2 aliphatic carbocycles. The van der Waals surface area contributed by atoms with E-state index in [2.05, 4.69) is 20.8 Å². The average molecular weight is 152 g/mol. The maximum Gasteiger partial charge on any atom is -0.0295 e. The van der Waals surface area contributed by atoms with E-state index < -0.39 is 0 Å². The summed E-state index contributed by atoms with van der Waals surface area (Å²) >= 11 is 0. The summed E-state index contributed by atoms with van der Waals surface area (Å²) in [5.74, 6) is 3.26. The Labute approximate surface area is 70.4 Å². The van der Waals surface area contributed by atoms with Gasteiger partial charge < -0.3 is 0 Å². The van der Waals surface area contributed by atoms with Crippen molar-refractivity contribution in [2.75, 3.05) is 0 Å². The van der Waals surface area contributed by atoms with E-state index in [1.807, 2.05) is 0 Å². The first-order valence-corrected chi connectivity index (χ1v) is 5.16. The van der Waals surface area contributed by atoms with E-state index in [4.69, 9.17) is 0 Å². The molecule has 0 amide bonds. The van der Waals surface area contributed by atoms with Gasteiger partial charge in [-0.3, -0.25) is 0 Å². The van der Waals surface area contributed by atoms with Crippen LogP contribution in [-0.4, -0.2) is 0 Å². The summed E-state index contributed by atoms with van der Waals surface area (Å²) in [5.41, 5.74) is 0.690. The highest BCUT2D eigenvalue weighted by molar-refractivity contribution is 5.01. The lowest BCUT2D eigenvalue weighted by molar-refractivity contribution is -0.0362. The van der Waals surface area contributed by atoms with Crippen LogP contribution in [0.25, 0.3) is 0 Å². The number of hydrogen-bond donors (Lipinski definition) is 0. The third-order valence-corrected chi connectivity index (χ3v) is 4.23. The number of hydrogen-bond acceptors (Lipinski definition) is 0. The summed E-state index contributed by atoms with van der Waals surface area (Å²) in [6.07, 6.45) is 6.00. The molecule has 64 valence electrons. The molecule has 0 heteroatoms. The van der Waals surface area contributed by atoms with Crippen molar-refractivity contribution < 1.29 is 0 Å². The van der Waals surface area contributed by atoms with Crippen LogP contribution in [0.3, 0.4) is 0 Å². The minimum Gasteiger partial charge on any atom is -0.0651 e. The molecule has 2 rings (SSSR count). The predicted molar refractivity (Wildman–Crippen MR) is 48.4 cm³/mol. The van der Waals surface area contributed by atoms with Crippen LogP contribution in [-0.2, 0) is 0 Å². The Balaban J connectivity index is 1.97. The van der Waals surface area contributed by atoms with Crippen LogP contribution in [0.15, 0.2) is 0 Å². The molecule has 0 aromatic heterocycles. The molecular formula is C11H20. The average Bonchev–Trinajstić information content (AvgIpc) is 2.70. The zero-order valence-electron chi connectivity index (χ0n) is 8.06. The summed E-state index contributed by atoms with van der Waals surface area (Å²) < 4.78 is 0. The van der Waals surface area contributed by atoms with E-state index in [9.17, 15) is 0 Å². The van der Waals surface area contributed by atoms with E-state index in [1.165, 1.54) is 25.7 Å². The quantitative estimate of drug-likeness (QED) is 0.568. The summed E-state index contributed by atoms with van der Waals surface area (Å²) in [5, 5.41) is 0. The third kappa shape index (κ3) is 1.02. The summed E-state index contributed by atoms with van der Waals surface area (Å²) in [7, 11) is 0. The van der Waals surface area contributed by atoms with Gasteiger partial charge in [0.2, 0.25) is 0 Å². The maximum absolute atomic E-state index is 2.48. The van der Waals surface area contributed by atoms with Gasteiger partial charge in [0, 0.05) is 0 Å². The van der Waals surface area contributed by atoms with Gasteiger partial charge in [-0.15, -0.1) is 0 Å². The fourth-order valence-corrected chi connectivity index (χ4v) is 3.05. The van der Waals surface area contributed by atoms with Crippen molar-refractivity contribution in [3.63, 3.8) is 0 Å². The van der Waals surface area contributed by atoms with Crippen LogP contribution in [0.2, 0.25) is 0 Å². The van der Waals surface area contributed by atoms with Crippen LogP contribution < -0.4 is 0 Å². The molecule has 0 radical (unpaired) electrons. The Bertz CT molecular complexity index is 153. The zero-order chi connectivity index (χ0) is 8.06. The minimum atomic E-state index is 0.690. The van der Waals surface area contributed by atoms with Gasteiger partial charge in [-0.1, -0.05) is 27.2 Å². The van der Waals surface area contributed by atoms with Crippen molar-refractivity contribution in [1.82, 2.24) is 0 Å². The molecular weight excluding hydrogens is 132 g/mol. The summed E-state index contributed by atoms with van der Waals surface area (Å²) in [6.45, 7) is 7.30. The van der Waals surface area contributed by atoms with Crippen LogP contribution in [0.5, 0.6) is 0 Å². The monoisotopic (exact) mass is 152 g/mol. The number of rotatable bonds is 2. The smallest absolute Gasteiger partial charge is 0.0295 e. The van der Waals surface area contributed by atoms with Crippen LogP contribution in [0, 0.1) is 23.2 Å². The van der Waals surface area contributed by atoms with Crippen molar-refractivity contribution in [1.29, 1.82) is 0 Å². The van der Waals surface area contributed by atoms with E-state index in [0.29, 0.717) is 5.41 Å². The Morgan fingerprint density at radius 2 is 1.91 bits per heavy atom. The van der Waals surface area contributed by atoms with Gasteiger partial charge >= 0.3 is 0 Å². The lowest BCUT2D eigenvalue weighted by Crippen LogP contribution is -2.45. The standard InChI is InChI=1S/C11H20/c1-4-9-7-10(8-5-6-8)11(9,2)3/h8-10H,4-7H2,1-3H3. The van der Waals surface area contributed by atoms with E-state index >= 15 is 0 Å². The molecule has 0 heterocycles. The molecule has 2 atom stereocenters. The fourth-order valence-electron chi connectivity index (χ4n) is 3.05. The van der Waals surface area contributed by atoms with Crippen molar-refractivity contribution >= 4 is 0 Å². The van der Waals surface area contributed by atoms with Crippen LogP contribution in [0.1, 0.15) is 46.5 Å². The molecule has 2 saturated carbocycles. The fraction of sp³-hybridized carbons (Fsp3) is 1.00. The van der Waals surface area contributed by atoms with Crippen molar-refractivity contribution in [3.8, 4) is 0 Å². The first-order valence-electron chi connectivity index (χ1n) is 5.16. The van der Waals surface area contributed by atoms with Gasteiger partial charge in [0.05, 0.1) is 0 Å². The second-order valence-electron chi connectivity index (χ2n) is 5.11. The third-order valence-electron chi connectivity index (χ3n) is 4.23. The van der Waals surface area contributed by atoms with Crippen LogP contribution in [0.4, 0.5) is 0 Å². The Kier molecular flexibility index (Phi) is 1.56. The highest BCUT2D eigenvalue weighted by atomic mass is 14.6. The Morgan fingerprint density at radius 1 is 1.27 bits per heavy atom. The Hall–Kier alpha value is 0. The topological polar surface area (TPSA) is 0 Å². The first kappa shape index (κ1) is 7.64. The molecule has 0 bridgehead atoms. The molecule has 0 N–H and O–H groups in total. The van der Waals surface area contributed by atoms with Gasteiger partial charge in [-0.25, -0.2) is 0 Å². The SMILES string of the molecule is CCC1CC(C2CC2)C1(C)C. The van der Waals surface area contributed by atoms with E-state index in [1.54, 1.807) is 0 Å². The highest BCUT2D eigenvalue weighted by Crippen LogP contribution is 2.61. The van der Waals surface area contributed by atoms with Gasteiger partial charge in [-0.05, 0) is 42.4 Å². The summed E-state index contributed by atoms with van der Waals surface area (Å²) in [4.78, 5) is 0. The van der Waals surface area contributed by atoms with Gasteiger partial charge in [-0.2, -0.15) is 0 Å². The molecule has 2 fully saturated rings. The van der Waals surface area contributed by atoms with E-state index in [0.717, 1.165) is 17.8 Å².